The van der Waals surface area contributed by atoms with E-state index >= 15 is 0 Å². The first-order valence-corrected chi connectivity index (χ1v) is 12.0. The number of aromatic nitrogens is 2. The Morgan fingerprint density at radius 2 is 2.00 bits per heavy atom. The summed E-state index contributed by atoms with van der Waals surface area (Å²) in [6.45, 7) is 2.08. The van der Waals surface area contributed by atoms with Crippen LogP contribution in [0.25, 0.3) is 22.4 Å². The molecule has 176 valence electrons. The highest BCUT2D eigenvalue weighted by molar-refractivity contribution is 7.88. The van der Waals surface area contributed by atoms with Crippen LogP contribution in [-0.4, -0.2) is 54.2 Å². The number of carbonyl (C=O) groups is 1. The lowest BCUT2D eigenvalue weighted by atomic mass is 10.00. The molecule has 3 heterocycles. The number of hydrogen-bond donors (Lipinski definition) is 1. The fraction of sp³-hybridized carbons (Fsp3) is 0.381. The van der Waals surface area contributed by atoms with E-state index in [9.17, 15) is 26.4 Å². The summed E-state index contributed by atoms with van der Waals surface area (Å²) < 4.78 is 70.9. The molecule has 1 amide bonds. The Kier molecular flexibility index (Phi) is 5.91. The quantitative estimate of drug-likeness (QED) is 0.611. The third-order valence-corrected chi connectivity index (χ3v) is 6.83. The fourth-order valence-electron chi connectivity index (χ4n) is 3.99. The summed E-state index contributed by atoms with van der Waals surface area (Å²) in [5, 5.41) is 6.90. The molecule has 0 spiro atoms. The highest BCUT2D eigenvalue weighted by atomic mass is 32.2. The standard InChI is InChI=1S/C21H21F3N4O4S/c1-12-18-15(19(29)25-13-6-5-9-28(11-13)33(2,30)31)10-17(26-20(18)32-27-12)14-7-3-4-8-16(14)21(22,23)24/h3-4,7-8,10,13H,5-6,9,11H2,1-2H3,(H,25,29). The van der Waals surface area contributed by atoms with Crippen LogP contribution in [0.15, 0.2) is 34.9 Å². The minimum atomic E-state index is -4.62. The van der Waals surface area contributed by atoms with Gasteiger partial charge in [0, 0.05) is 24.7 Å². The second-order valence-corrected chi connectivity index (χ2v) is 9.96. The Balaban J connectivity index is 1.74. The normalized spacial score (nSPS) is 17.9. The lowest BCUT2D eigenvalue weighted by Gasteiger charge is -2.31. The number of nitrogens with zero attached hydrogens (tertiary/aromatic N) is 3. The van der Waals surface area contributed by atoms with E-state index in [0.29, 0.717) is 25.1 Å². The molecule has 0 aliphatic carbocycles. The van der Waals surface area contributed by atoms with Gasteiger partial charge in [-0.1, -0.05) is 23.4 Å². The van der Waals surface area contributed by atoms with Gasteiger partial charge < -0.3 is 9.84 Å². The summed E-state index contributed by atoms with van der Waals surface area (Å²) in [5.74, 6) is -0.570. The maximum Gasteiger partial charge on any atom is 0.417 e. The number of benzene rings is 1. The van der Waals surface area contributed by atoms with Gasteiger partial charge in [0.15, 0.2) is 0 Å². The van der Waals surface area contributed by atoms with Crippen LogP contribution in [0.5, 0.6) is 0 Å². The smallest absolute Gasteiger partial charge is 0.348 e. The summed E-state index contributed by atoms with van der Waals surface area (Å²) >= 11 is 0. The Morgan fingerprint density at radius 3 is 2.70 bits per heavy atom. The van der Waals surface area contributed by atoms with Crippen LogP contribution in [0.2, 0.25) is 0 Å². The van der Waals surface area contributed by atoms with Gasteiger partial charge in [-0.15, -0.1) is 0 Å². The number of amides is 1. The monoisotopic (exact) mass is 482 g/mol. The third-order valence-electron chi connectivity index (χ3n) is 5.56. The first-order valence-electron chi connectivity index (χ1n) is 10.1. The Hall–Kier alpha value is -2.99. The van der Waals surface area contributed by atoms with Gasteiger partial charge in [0.2, 0.25) is 10.0 Å². The zero-order chi connectivity index (χ0) is 24.0. The number of aryl methyl sites for hydroxylation is 1. The third kappa shape index (κ3) is 4.71. The van der Waals surface area contributed by atoms with Crippen molar-refractivity contribution in [3.8, 4) is 11.3 Å². The van der Waals surface area contributed by atoms with Crippen LogP contribution in [0.1, 0.15) is 34.5 Å². The van der Waals surface area contributed by atoms with E-state index in [1.54, 1.807) is 6.92 Å². The summed E-state index contributed by atoms with van der Waals surface area (Å²) in [6.07, 6.45) is -2.38. The number of hydrogen-bond acceptors (Lipinski definition) is 6. The molecule has 12 heteroatoms. The van der Waals surface area contributed by atoms with E-state index in [4.69, 9.17) is 4.52 Å². The van der Waals surface area contributed by atoms with E-state index in [2.05, 4.69) is 15.5 Å². The molecule has 1 N–H and O–H groups in total. The molecule has 0 saturated carbocycles. The van der Waals surface area contributed by atoms with Gasteiger partial charge in [-0.2, -0.15) is 13.2 Å². The molecule has 8 nitrogen and oxygen atoms in total. The largest absolute Gasteiger partial charge is 0.417 e. The van der Waals surface area contributed by atoms with Crippen molar-refractivity contribution >= 4 is 27.0 Å². The van der Waals surface area contributed by atoms with E-state index in [0.717, 1.165) is 12.3 Å². The molecule has 1 aliphatic heterocycles. The summed E-state index contributed by atoms with van der Waals surface area (Å²) in [5.41, 5.74) is -0.819. The Morgan fingerprint density at radius 1 is 1.27 bits per heavy atom. The number of carbonyl (C=O) groups excluding carboxylic acids is 1. The topological polar surface area (TPSA) is 105 Å². The number of halogens is 3. The molecular weight excluding hydrogens is 461 g/mol. The van der Waals surface area contributed by atoms with Crippen molar-refractivity contribution in [1.82, 2.24) is 19.8 Å². The van der Waals surface area contributed by atoms with Crippen LogP contribution < -0.4 is 5.32 Å². The van der Waals surface area contributed by atoms with E-state index in [-0.39, 0.29) is 34.5 Å². The molecule has 3 aromatic rings. The number of piperidine rings is 1. The van der Waals surface area contributed by atoms with Crippen molar-refractivity contribution in [1.29, 1.82) is 0 Å². The van der Waals surface area contributed by atoms with Crippen molar-refractivity contribution in [2.24, 2.45) is 0 Å². The van der Waals surface area contributed by atoms with Crippen LogP contribution in [-0.2, 0) is 16.2 Å². The number of pyridine rings is 1. The number of sulfonamides is 1. The van der Waals surface area contributed by atoms with E-state index < -0.39 is 33.7 Å². The van der Waals surface area contributed by atoms with E-state index in [1.807, 2.05) is 0 Å². The molecule has 1 aliphatic rings. The van der Waals surface area contributed by atoms with Gasteiger partial charge in [0.05, 0.1) is 34.2 Å². The highest BCUT2D eigenvalue weighted by Crippen LogP contribution is 2.37. The predicted octanol–water partition coefficient (Wildman–Crippen LogP) is 3.37. The minimum Gasteiger partial charge on any atom is -0.348 e. The lowest BCUT2D eigenvalue weighted by Crippen LogP contribution is -2.49. The molecule has 2 aromatic heterocycles. The molecule has 1 aromatic carbocycles. The van der Waals surface area contributed by atoms with Crippen LogP contribution >= 0.6 is 0 Å². The van der Waals surface area contributed by atoms with Crippen LogP contribution in [0, 0.1) is 6.92 Å². The predicted molar refractivity (Wildman–Crippen MR) is 114 cm³/mol. The van der Waals surface area contributed by atoms with Gasteiger partial charge in [-0.3, -0.25) is 4.79 Å². The van der Waals surface area contributed by atoms with Gasteiger partial charge in [0.1, 0.15) is 0 Å². The van der Waals surface area contributed by atoms with Crippen molar-refractivity contribution in [2.45, 2.75) is 32.0 Å². The fourth-order valence-corrected chi connectivity index (χ4v) is 4.90. The minimum absolute atomic E-state index is 0.0576. The lowest BCUT2D eigenvalue weighted by molar-refractivity contribution is -0.137. The second-order valence-electron chi connectivity index (χ2n) is 7.98. The summed E-state index contributed by atoms with van der Waals surface area (Å²) in [4.78, 5) is 17.4. The summed E-state index contributed by atoms with van der Waals surface area (Å²) in [7, 11) is -3.41. The number of fused-ring (bicyclic) bond motifs is 1. The molecule has 0 radical (unpaired) electrons. The van der Waals surface area contributed by atoms with Crippen molar-refractivity contribution in [2.75, 3.05) is 19.3 Å². The average Bonchev–Trinajstić information content (AvgIpc) is 3.13. The van der Waals surface area contributed by atoms with Gasteiger partial charge in [-0.25, -0.2) is 17.7 Å². The van der Waals surface area contributed by atoms with Crippen LogP contribution in [0.3, 0.4) is 0 Å². The average molecular weight is 482 g/mol. The Bertz CT molecular complexity index is 1320. The zero-order valence-corrected chi connectivity index (χ0v) is 18.6. The zero-order valence-electron chi connectivity index (χ0n) is 17.8. The molecule has 1 unspecified atom stereocenters. The molecule has 0 bridgehead atoms. The molecule has 1 atom stereocenters. The first kappa shape index (κ1) is 23.2. The van der Waals surface area contributed by atoms with Gasteiger partial charge >= 0.3 is 6.18 Å². The van der Waals surface area contributed by atoms with Crippen molar-refractivity contribution in [3.05, 3.63) is 47.2 Å². The molecule has 1 saturated heterocycles. The number of nitrogens with one attached hydrogen (secondary N) is 1. The molecule has 4 rings (SSSR count). The molecule has 33 heavy (non-hydrogen) atoms. The maximum absolute atomic E-state index is 13.6. The SMILES string of the molecule is Cc1noc2nc(-c3ccccc3C(F)(F)F)cc(C(=O)NC3CCCN(S(C)(=O)=O)C3)c12. The van der Waals surface area contributed by atoms with Crippen molar-refractivity contribution in [3.63, 3.8) is 0 Å². The van der Waals surface area contributed by atoms with Crippen LogP contribution in [0.4, 0.5) is 13.2 Å². The van der Waals surface area contributed by atoms with Crippen molar-refractivity contribution < 1.29 is 30.9 Å². The van der Waals surface area contributed by atoms with E-state index in [1.165, 1.54) is 28.6 Å². The summed E-state index contributed by atoms with van der Waals surface area (Å²) in [6, 6.07) is 5.76. The van der Waals surface area contributed by atoms with Gasteiger partial charge in [0.25, 0.3) is 11.6 Å². The maximum atomic E-state index is 13.6. The first-order chi connectivity index (χ1) is 15.4. The second kappa shape index (κ2) is 8.41. The highest BCUT2D eigenvalue weighted by Gasteiger charge is 2.34. The number of alkyl halides is 3. The molecular formula is C21H21F3N4O4S. The number of rotatable bonds is 4. The van der Waals surface area contributed by atoms with Gasteiger partial charge in [-0.05, 0) is 31.9 Å². The molecule has 1 fully saturated rings. The Labute approximate surface area is 187 Å².